The third-order valence-electron chi connectivity index (χ3n) is 4.63. The molecule has 0 fully saturated rings. The van der Waals surface area contributed by atoms with Crippen LogP contribution in [0, 0.1) is 0 Å². The molecule has 0 aliphatic rings. The first-order valence-corrected chi connectivity index (χ1v) is 12.6. The monoisotopic (exact) mass is 475 g/mol. The molecular weight excluding hydrogens is 450 g/mol. The molecule has 8 nitrogen and oxygen atoms in total. The van der Waals surface area contributed by atoms with Gasteiger partial charge in [-0.3, -0.25) is 14.9 Å². The van der Waals surface area contributed by atoms with Crippen molar-refractivity contribution in [2.75, 3.05) is 18.5 Å². The Hall–Kier alpha value is -2.82. The van der Waals surface area contributed by atoms with E-state index in [0.29, 0.717) is 5.13 Å². The van der Waals surface area contributed by atoms with Crippen LogP contribution in [0.25, 0.3) is 10.2 Å². The quantitative estimate of drug-likeness (QED) is 0.432. The number of esters is 1. The lowest BCUT2D eigenvalue weighted by Crippen LogP contribution is -2.30. The van der Waals surface area contributed by atoms with Gasteiger partial charge in [-0.25, -0.2) is 13.4 Å². The van der Waals surface area contributed by atoms with E-state index in [0.717, 1.165) is 29.5 Å². The second kappa shape index (κ2) is 10.7. The topological polar surface area (TPSA) is 114 Å². The maximum absolute atomic E-state index is 12.6. The minimum absolute atomic E-state index is 0.0575. The molecule has 2 aromatic carbocycles. The molecule has 170 valence electrons. The van der Waals surface area contributed by atoms with Gasteiger partial charge in [-0.05, 0) is 61.7 Å². The van der Waals surface area contributed by atoms with E-state index in [1.54, 1.807) is 6.92 Å². The Morgan fingerprint density at radius 1 is 1.09 bits per heavy atom. The number of nitrogens with one attached hydrogen (secondary N) is 2. The second-order valence-corrected chi connectivity index (χ2v) is 9.83. The molecule has 0 spiro atoms. The van der Waals surface area contributed by atoms with Crippen LogP contribution < -0.4 is 10.0 Å². The van der Waals surface area contributed by atoms with Crippen molar-refractivity contribution in [1.82, 2.24) is 9.71 Å². The van der Waals surface area contributed by atoms with Crippen molar-refractivity contribution in [2.24, 2.45) is 0 Å². The van der Waals surface area contributed by atoms with Crippen molar-refractivity contribution < 1.29 is 22.7 Å². The van der Waals surface area contributed by atoms with Crippen molar-refractivity contribution in [3.05, 3.63) is 53.6 Å². The maximum Gasteiger partial charge on any atom is 0.321 e. The molecule has 10 heteroatoms. The summed E-state index contributed by atoms with van der Waals surface area (Å²) in [4.78, 5) is 28.3. The summed E-state index contributed by atoms with van der Waals surface area (Å²) in [6.45, 7) is 3.49. The summed E-state index contributed by atoms with van der Waals surface area (Å²) in [5.41, 5.74) is 2.35. The smallest absolute Gasteiger partial charge is 0.321 e. The van der Waals surface area contributed by atoms with Gasteiger partial charge in [0.05, 0.1) is 21.7 Å². The molecule has 0 saturated carbocycles. The van der Waals surface area contributed by atoms with E-state index < -0.39 is 28.4 Å². The number of carbonyl (C=O) groups is 2. The van der Waals surface area contributed by atoms with Crippen molar-refractivity contribution >= 4 is 48.6 Å². The van der Waals surface area contributed by atoms with E-state index in [2.05, 4.69) is 34.1 Å². The van der Waals surface area contributed by atoms with Crippen LogP contribution in [-0.4, -0.2) is 38.4 Å². The number of carbonyl (C=O) groups excluding carboxylic acids is 2. The van der Waals surface area contributed by atoms with Crippen molar-refractivity contribution in [2.45, 2.75) is 38.0 Å². The lowest BCUT2D eigenvalue weighted by Gasteiger charge is -2.07. The number of fused-ring (bicyclic) bond motifs is 1. The van der Waals surface area contributed by atoms with Crippen LogP contribution in [0.5, 0.6) is 0 Å². The number of unbranched alkanes of at least 4 members (excludes halogenated alkanes) is 1. The van der Waals surface area contributed by atoms with Gasteiger partial charge >= 0.3 is 5.97 Å². The average molecular weight is 476 g/mol. The van der Waals surface area contributed by atoms with Crippen LogP contribution in [0.15, 0.2) is 47.4 Å². The highest BCUT2D eigenvalue weighted by Crippen LogP contribution is 2.27. The predicted octanol–water partition coefficient (Wildman–Crippen LogP) is 3.73. The first kappa shape index (κ1) is 23.8. The van der Waals surface area contributed by atoms with Crippen LogP contribution in [0.4, 0.5) is 5.13 Å². The average Bonchev–Trinajstić information content (AvgIpc) is 3.18. The van der Waals surface area contributed by atoms with Gasteiger partial charge in [0.15, 0.2) is 5.13 Å². The maximum atomic E-state index is 12.6. The van der Waals surface area contributed by atoms with Gasteiger partial charge in [-0.1, -0.05) is 30.7 Å². The molecule has 0 aliphatic heterocycles. The Morgan fingerprint density at radius 3 is 2.53 bits per heavy atom. The Bertz CT molecular complexity index is 1200. The van der Waals surface area contributed by atoms with E-state index in [4.69, 9.17) is 4.74 Å². The van der Waals surface area contributed by atoms with Gasteiger partial charge in [-0.15, -0.1) is 0 Å². The number of aryl methyl sites for hydroxylation is 1. The minimum Gasteiger partial charge on any atom is -0.465 e. The number of anilines is 1. The molecule has 3 rings (SSSR count). The Kier molecular flexibility index (Phi) is 7.94. The second-order valence-electron chi connectivity index (χ2n) is 7.03. The predicted molar refractivity (Wildman–Crippen MR) is 124 cm³/mol. The lowest BCUT2D eigenvalue weighted by atomic mass is 10.1. The standard InChI is InChI=1S/C22H25N3O5S2/c1-3-5-6-15-7-12-18-19(13-15)31-22(24-18)25-21(27)16-8-10-17(11-9-16)32(28,29)23-14-20(26)30-4-2/h7-13,23H,3-6,14H2,1-2H3,(H,24,25,27). The highest BCUT2D eigenvalue weighted by atomic mass is 32.2. The molecular formula is C22H25N3O5S2. The first-order chi connectivity index (χ1) is 15.3. The third-order valence-corrected chi connectivity index (χ3v) is 6.98. The lowest BCUT2D eigenvalue weighted by molar-refractivity contribution is -0.141. The normalized spacial score (nSPS) is 11.4. The number of sulfonamides is 1. The van der Waals surface area contributed by atoms with Crippen molar-refractivity contribution in [3.8, 4) is 0 Å². The summed E-state index contributed by atoms with van der Waals surface area (Å²) in [5.74, 6) is -1.06. The molecule has 1 heterocycles. The molecule has 1 aromatic heterocycles. The number of aromatic nitrogens is 1. The van der Waals surface area contributed by atoms with Gasteiger partial charge in [0.1, 0.15) is 6.54 Å². The zero-order valence-corrected chi connectivity index (χ0v) is 19.5. The summed E-state index contributed by atoms with van der Waals surface area (Å²) >= 11 is 1.40. The van der Waals surface area contributed by atoms with Gasteiger partial charge in [0, 0.05) is 5.56 Å². The molecule has 0 aliphatic carbocycles. The van der Waals surface area contributed by atoms with Crippen molar-refractivity contribution in [3.63, 3.8) is 0 Å². The van der Waals surface area contributed by atoms with E-state index in [-0.39, 0.29) is 17.1 Å². The van der Waals surface area contributed by atoms with Crippen LogP contribution in [0.3, 0.4) is 0 Å². The Morgan fingerprint density at radius 2 is 1.84 bits per heavy atom. The van der Waals surface area contributed by atoms with Crippen molar-refractivity contribution in [1.29, 1.82) is 0 Å². The summed E-state index contributed by atoms with van der Waals surface area (Å²) in [6.07, 6.45) is 3.26. The number of hydrogen-bond acceptors (Lipinski definition) is 7. The molecule has 0 atom stereocenters. The molecule has 3 aromatic rings. The van der Waals surface area contributed by atoms with Crippen LogP contribution in [-0.2, 0) is 26.0 Å². The summed E-state index contributed by atoms with van der Waals surface area (Å²) in [7, 11) is -3.90. The molecule has 0 saturated heterocycles. The van der Waals surface area contributed by atoms with Crippen LogP contribution >= 0.6 is 11.3 Å². The Balaban J connectivity index is 1.66. The molecule has 32 heavy (non-hydrogen) atoms. The first-order valence-electron chi connectivity index (χ1n) is 10.3. The minimum atomic E-state index is -3.90. The Labute approximate surface area is 191 Å². The molecule has 1 amide bonds. The van der Waals surface area contributed by atoms with E-state index in [1.807, 2.05) is 6.07 Å². The van der Waals surface area contributed by atoms with Crippen LogP contribution in [0.1, 0.15) is 42.6 Å². The van der Waals surface area contributed by atoms with Gasteiger partial charge in [-0.2, -0.15) is 4.72 Å². The molecule has 0 radical (unpaired) electrons. The van der Waals surface area contributed by atoms with E-state index >= 15 is 0 Å². The highest BCUT2D eigenvalue weighted by molar-refractivity contribution is 7.89. The number of benzene rings is 2. The zero-order valence-electron chi connectivity index (χ0n) is 17.9. The van der Waals surface area contributed by atoms with E-state index in [1.165, 1.54) is 41.2 Å². The fourth-order valence-electron chi connectivity index (χ4n) is 2.96. The number of hydrogen-bond donors (Lipinski definition) is 2. The molecule has 2 N–H and O–H groups in total. The van der Waals surface area contributed by atoms with Crippen LogP contribution in [0.2, 0.25) is 0 Å². The number of ether oxygens (including phenoxy) is 1. The summed E-state index contributed by atoms with van der Waals surface area (Å²) < 4.78 is 32.4. The van der Waals surface area contributed by atoms with E-state index in [9.17, 15) is 18.0 Å². The fourth-order valence-corrected chi connectivity index (χ4v) is 4.86. The van der Waals surface area contributed by atoms with Gasteiger partial charge in [0.2, 0.25) is 10.0 Å². The number of rotatable bonds is 10. The fraction of sp³-hybridized carbons (Fsp3) is 0.318. The number of nitrogens with zero attached hydrogens (tertiary/aromatic N) is 1. The SMILES string of the molecule is CCCCc1ccc2nc(NC(=O)c3ccc(S(=O)(=O)NCC(=O)OCC)cc3)sc2c1. The highest BCUT2D eigenvalue weighted by Gasteiger charge is 2.17. The summed E-state index contributed by atoms with van der Waals surface area (Å²) in [6, 6.07) is 11.5. The van der Waals surface area contributed by atoms with Gasteiger partial charge in [0.25, 0.3) is 5.91 Å². The number of thiazole rings is 1. The largest absolute Gasteiger partial charge is 0.465 e. The third kappa shape index (κ3) is 6.12. The molecule has 0 bridgehead atoms. The number of amides is 1. The summed E-state index contributed by atoms with van der Waals surface area (Å²) in [5, 5.41) is 3.24. The van der Waals surface area contributed by atoms with Gasteiger partial charge < -0.3 is 4.74 Å². The zero-order chi connectivity index (χ0) is 23.1. The molecule has 0 unspecified atom stereocenters.